The third-order valence-electron chi connectivity index (χ3n) is 3.31. The molecule has 0 unspecified atom stereocenters. The van der Waals surface area contributed by atoms with E-state index in [4.69, 9.17) is 10.3 Å². The third kappa shape index (κ3) is 2.05. The maximum absolute atomic E-state index is 5.93. The fraction of sp³-hybridized carbons (Fsp3) is 0.125. The molecule has 0 amide bonds. The van der Waals surface area contributed by atoms with Crippen molar-refractivity contribution >= 4 is 5.88 Å². The molecule has 3 rings (SSSR count). The van der Waals surface area contributed by atoms with Crippen molar-refractivity contribution < 1.29 is 4.52 Å². The van der Waals surface area contributed by atoms with Crippen molar-refractivity contribution in [2.24, 2.45) is 0 Å². The van der Waals surface area contributed by atoms with Gasteiger partial charge in [-0.05, 0) is 25.5 Å². The Labute approximate surface area is 117 Å². The molecule has 0 atom stereocenters. The molecule has 20 heavy (non-hydrogen) atoms. The smallest absolute Gasteiger partial charge is 0.230 e. The molecule has 0 bridgehead atoms. The molecule has 0 spiro atoms. The van der Waals surface area contributed by atoms with Crippen LogP contribution in [-0.2, 0) is 0 Å². The number of rotatable bonds is 2. The molecule has 0 aliphatic rings. The number of benzene rings is 1. The predicted molar refractivity (Wildman–Crippen MR) is 79.1 cm³/mol. The highest BCUT2D eigenvalue weighted by Gasteiger charge is 2.18. The Kier molecular flexibility index (Phi) is 2.99. The number of aryl methyl sites for hydroxylation is 2. The van der Waals surface area contributed by atoms with Crippen molar-refractivity contribution in [1.29, 1.82) is 0 Å². The Morgan fingerprint density at radius 1 is 1.15 bits per heavy atom. The number of hydrogen-bond acceptors (Lipinski definition) is 4. The van der Waals surface area contributed by atoms with E-state index in [2.05, 4.69) is 36.1 Å². The van der Waals surface area contributed by atoms with Crippen LogP contribution < -0.4 is 5.73 Å². The average molecular weight is 265 g/mol. The quantitative estimate of drug-likeness (QED) is 0.768. The van der Waals surface area contributed by atoms with Crippen LogP contribution >= 0.6 is 0 Å². The zero-order valence-corrected chi connectivity index (χ0v) is 11.4. The second kappa shape index (κ2) is 4.81. The van der Waals surface area contributed by atoms with Crippen LogP contribution in [0, 0.1) is 13.8 Å². The lowest BCUT2D eigenvalue weighted by Gasteiger charge is -2.06. The normalized spacial score (nSPS) is 10.7. The topological polar surface area (TPSA) is 64.9 Å². The van der Waals surface area contributed by atoms with E-state index in [-0.39, 0.29) is 0 Å². The first-order valence-electron chi connectivity index (χ1n) is 6.40. The van der Waals surface area contributed by atoms with E-state index < -0.39 is 0 Å². The maximum Gasteiger partial charge on any atom is 0.230 e. The first kappa shape index (κ1) is 12.4. The second-order valence-corrected chi connectivity index (χ2v) is 4.83. The van der Waals surface area contributed by atoms with E-state index in [1.54, 1.807) is 12.4 Å². The summed E-state index contributed by atoms with van der Waals surface area (Å²) in [4.78, 5) is 4.13. The van der Waals surface area contributed by atoms with Crippen LogP contribution in [-0.4, -0.2) is 10.1 Å². The van der Waals surface area contributed by atoms with Crippen LogP contribution in [0.25, 0.3) is 22.4 Å². The van der Waals surface area contributed by atoms with Crippen LogP contribution in [0.15, 0.2) is 47.2 Å². The molecule has 2 aromatic heterocycles. The van der Waals surface area contributed by atoms with Crippen LogP contribution in [0.4, 0.5) is 5.88 Å². The van der Waals surface area contributed by atoms with Crippen LogP contribution in [0.2, 0.25) is 0 Å². The van der Waals surface area contributed by atoms with Gasteiger partial charge in [-0.2, -0.15) is 0 Å². The van der Waals surface area contributed by atoms with Gasteiger partial charge in [-0.3, -0.25) is 4.98 Å². The van der Waals surface area contributed by atoms with Gasteiger partial charge in [0.05, 0.1) is 5.56 Å². The summed E-state index contributed by atoms with van der Waals surface area (Å²) in [5.41, 5.74) is 11.8. The molecule has 0 aliphatic carbocycles. The lowest BCUT2D eigenvalue weighted by atomic mass is 9.98. The summed E-state index contributed by atoms with van der Waals surface area (Å²) in [5.74, 6) is 0.313. The minimum absolute atomic E-state index is 0.313. The van der Waals surface area contributed by atoms with E-state index in [1.807, 2.05) is 18.2 Å². The molecule has 0 aliphatic heterocycles. The Hall–Kier alpha value is -2.62. The summed E-state index contributed by atoms with van der Waals surface area (Å²) in [7, 11) is 0. The van der Waals surface area contributed by atoms with E-state index in [1.165, 1.54) is 5.56 Å². The number of hydrogen-bond donors (Lipinski definition) is 1. The van der Waals surface area contributed by atoms with Gasteiger partial charge in [0.25, 0.3) is 0 Å². The molecule has 4 heteroatoms. The number of pyridine rings is 1. The van der Waals surface area contributed by atoms with Crippen LogP contribution in [0.3, 0.4) is 0 Å². The van der Waals surface area contributed by atoms with Gasteiger partial charge in [-0.15, -0.1) is 0 Å². The molecule has 2 heterocycles. The minimum atomic E-state index is 0.313. The lowest BCUT2D eigenvalue weighted by molar-refractivity contribution is 0.439. The number of aromatic nitrogens is 2. The van der Waals surface area contributed by atoms with Crippen molar-refractivity contribution in [2.45, 2.75) is 13.8 Å². The van der Waals surface area contributed by atoms with Crippen LogP contribution in [0.1, 0.15) is 11.1 Å². The highest BCUT2D eigenvalue weighted by Crippen LogP contribution is 2.37. The maximum atomic E-state index is 5.93. The molecular weight excluding hydrogens is 250 g/mol. The van der Waals surface area contributed by atoms with Gasteiger partial charge in [-0.1, -0.05) is 35.0 Å². The summed E-state index contributed by atoms with van der Waals surface area (Å²) < 4.78 is 5.19. The Bertz CT molecular complexity index is 748. The zero-order chi connectivity index (χ0) is 14.1. The Morgan fingerprint density at radius 3 is 2.70 bits per heavy atom. The fourth-order valence-corrected chi connectivity index (χ4v) is 2.36. The SMILES string of the molecule is Cc1ccc(-c2noc(N)c2-c2cccnc2)c(C)c1. The molecule has 2 N–H and O–H groups in total. The van der Waals surface area contributed by atoms with Crippen molar-refractivity contribution in [3.8, 4) is 22.4 Å². The van der Waals surface area contributed by atoms with E-state index in [0.717, 1.165) is 27.9 Å². The molecule has 4 nitrogen and oxygen atoms in total. The minimum Gasteiger partial charge on any atom is -0.367 e. The number of nitrogen functional groups attached to an aromatic ring is 1. The average Bonchev–Trinajstić information content (AvgIpc) is 2.81. The molecule has 0 radical (unpaired) electrons. The van der Waals surface area contributed by atoms with Crippen molar-refractivity contribution in [3.63, 3.8) is 0 Å². The van der Waals surface area contributed by atoms with E-state index in [9.17, 15) is 0 Å². The standard InChI is InChI=1S/C16H15N3O/c1-10-5-6-13(11(2)8-10)15-14(16(17)20-19-15)12-4-3-7-18-9-12/h3-9H,17H2,1-2H3. The van der Waals surface area contributed by atoms with Gasteiger partial charge < -0.3 is 10.3 Å². The first-order valence-corrected chi connectivity index (χ1v) is 6.40. The van der Waals surface area contributed by atoms with Crippen LogP contribution in [0.5, 0.6) is 0 Å². The van der Waals surface area contributed by atoms with E-state index in [0.29, 0.717) is 5.88 Å². The first-order chi connectivity index (χ1) is 9.66. The third-order valence-corrected chi connectivity index (χ3v) is 3.31. The second-order valence-electron chi connectivity index (χ2n) is 4.83. The fourth-order valence-electron chi connectivity index (χ4n) is 2.36. The molecule has 1 aromatic carbocycles. The summed E-state index contributed by atoms with van der Waals surface area (Å²) in [6, 6.07) is 10.0. The highest BCUT2D eigenvalue weighted by atomic mass is 16.5. The summed E-state index contributed by atoms with van der Waals surface area (Å²) >= 11 is 0. The molecule has 0 saturated carbocycles. The monoisotopic (exact) mass is 265 g/mol. The van der Waals surface area contributed by atoms with E-state index >= 15 is 0 Å². The van der Waals surface area contributed by atoms with Gasteiger partial charge in [0, 0.05) is 23.5 Å². The zero-order valence-electron chi connectivity index (χ0n) is 11.4. The van der Waals surface area contributed by atoms with Gasteiger partial charge in [0.15, 0.2) is 0 Å². The Morgan fingerprint density at radius 2 is 2.00 bits per heavy atom. The predicted octanol–water partition coefficient (Wildman–Crippen LogP) is 3.60. The molecule has 0 fully saturated rings. The molecular formula is C16H15N3O. The Balaban J connectivity index is 2.21. The summed E-state index contributed by atoms with van der Waals surface area (Å²) in [5, 5.41) is 4.13. The largest absolute Gasteiger partial charge is 0.367 e. The highest BCUT2D eigenvalue weighted by molar-refractivity contribution is 5.87. The number of nitrogens with two attached hydrogens (primary N) is 1. The molecule has 3 aromatic rings. The number of anilines is 1. The molecule has 0 saturated heterocycles. The van der Waals surface area contributed by atoms with Gasteiger partial charge in [0.2, 0.25) is 5.88 Å². The van der Waals surface area contributed by atoms with Gasteiger partial charge in [0.1, 0.15) is 5.69 Å². The number of nitrogens with zero attached hydrogens (tertiary/aromatic N) is 2. The van der Waals surface area contributed by atoms with Gasteiger partial charge >= 0.3 is 0 Å². The van der Waals surface area contributed by atoms with Gasteiger partial charge in [-0.25, -0.2) is 0 Å². The lowest BCUT2D eigenvalue weighted by Crippen LogP contribution is -1.90. The van der Waals surface area contributed by atoms with Crippen molar-refractivity contribution in [1.82, 2.24) is 10.1 Å². The van der Waals surface area contributed by atoms with Crippen molar-refractivity contribution in [2.75, 3.05) is 5.73 Å². The summed E-state index contributed by atoms with van der Waals surface area (Å²) in [6.45, 7) is 4.12. The molecule has 100 valence electrons. The van der Waals surface area contributed by atoms with Crippen molar-refractivity contribution in [3.05, 3.63) is 53.9 Å². The summed E-state index contributed by atoms with van der Waals surface area (Å²) in [6.07, 6.45) is 3.49.